The minimum Gasteiger partial charge on any atom is -0.354 e. The van der Waals surface area contributed by atoms with E-state index in [1.807, 2.05) is 6.92 Å². The summed E-state index contributed by atoms with van der Waals surface area (Å²) in [7, 11) is -6.87. The average Bonchev–Trinajstić information content (AvgIpc) is 3.32. The highest BCUT2D eigenvalue weighted by Crippen LogP contribution is 2.40. The van der Waals surface area contributed by atoms with Crippen LogP contribution in [-0.4, -0.2) is 61.7 Å². The van der Waals surface area contributed by atoms with Crippen LogP contribution < -0.4 is 5.32 Å². The molecule has 3 aliphatic rings. The van der Waals surface area contributed by atoms with Gasteiger partial charge in [0.15, 0.2) is 9.84 Å². The van der Waals surface area contributed by atoms with Crippen molar-refractivity contribution in [2.75, 3.05) is 30.7 Å². The van der Waals surface area contributed by atoms with Crippen molar-refractivity contribution in [2.45, 2.75) is 49.5 Å². The van der Waals surface area contributed by atoms with Gasteiger partial charge in [-0.1, -0.05) is 13.3 Å². The van der Waals surface area contributed by atoms with Crippen molar-refractivity contribution >= 4 is 25.8 Å². The predicted molar refractivity (Wildman–Crippen MR) is 103 cm³/mol. The summed E-state index contributed by atoms with van der Waals surface area (Å²) in [6, 6.07) is 0. The Morgan fingerprint density at radius 3 is 2.78 bits per heavy atom. The van der Waals surface area contributed by atoms with E-state index in [4.69, 9.17) is 0 Å². The van der Waals surface area contributed by atoms with Crippen LogP contribution in [0.4, 0.5) is 5.95 Å². The summed E-state index contributed by atoms with van der Waals surface area (Å²) in [6.45, 7) is 2.98. The first-order valence-electron chi connectivity index (χ1n) is 9.59. The molecule has 0 bridgehead atoms. The molecule has 10 heteroatoms. The maximum Gasteiger partial charge on any atom is 0.222 e. The summed E-state index contributed by atoms with van der Waals surface area (Å²) in [5.74, 6) is 0.706. The molecule has 1 aliphatic carbocycles. The molecule has 1 aromatic rings. The molecule has 150 valence electrons. The van der Waals surface area contributed by atoms with Crippen LogP contribution in [0.5, 0.6) is 0 Å². The molecule has 3 heterocycles. The molecule has 2 aliphatic heterocycles. The standard InChI is InChI=1S/C17H26N4O4S2/c1-2-3-6-27(24,25)21-9-14-15(10-21)26(22,23)11-13-8-19-17(20-16(13)14)18-7-12-4-5-12/h8,12,14-15H,2-7,9-11H2,1H3,(H,18,19,20)/t14-,15+/m0/s1. The van der Waals surface area contributed by atoms with E-state index in [0.29, 0.717) is 29.5 Å². The van der Waals surface area contributed by atoms with Crippen LogP contribution in [0.2, 0.25) is 0 Å². The molecule has 8 nitrogen and oxygen atoms in total. The second-order valence-electron chi connectivity index (χ2n) is 7.87. The van der Waals surface area contributed by atoms with Gasteiger partial charge in [0.1, 0.15) is 0 Å². The lowest BCUT2D eigenvalue weighted by Crippen LogP contribution is -2.36. The summed E-state index contributed by atoms with van der Waals surface area (Å²) in [4.78, 5) is 8.85. The summed E-state index contributed by atoms with van der Waals surface area (Å²) in [5, 5.41) is 2.51. The Hall–Kier alpha value is -1.26. The van der Waals surface area contributed by atoms with Gasteiger partial charge >= 0.3 is 0 Å². The second-order valence-corrected chi connectivity index (χ2v) is 12.2. The monoisotopic (exact) mass is 414 g/mol. The molecular formula is C17H26N4O4S2. The van der Waals surface area contributed by atoms with Crippen LogP contribution in [0.1, 0.15) is 49.8 Å². The number of aromatic nitrogens is 2. The van der Waals surface area contributed by atoms with Crippen molar-refractivity contribution in [3.05, 3.63) is 17.5 Å². The number of nitrogens with one attached hydrogen (secondary N) is 1. The van der Waals surface area contributed by atoms with E-state index in [1.54, 1.807) is 6.20 Å². The van der Waals surface area contributed by atoms with Gasteiger partial charge in [0.05, 0.1) is 22.4 Å². The van der Waals surface area contributed by atoms with Crippen LogP contribution in [0.15, 0.2) is 6.20 Å². The Morgan fingerprint density at radius 2 is 2.07 bits per heavy atom. The Labute approximate surface area is 160 Å². The fourth-order valence-electron chi connectivity index (χ4n) is 3.87. The summed E-state index contributed by atoms with van der Waals surface area (Å²) >= 11 is 0. The molecule has 1 saturated carbocycles. The number of fused-ring (bicyclic) bond motifs is 3. The van der Waals surface area contributed by atoms with E-state index in [9.17, 15) is 16.8 Å². The van der Waals surface area contributed by atoms with Crippen molar-refractivity contribution in [1.29, 1.82) is 0 Å². The Balaban J connectivity index is 1.61. The van der Waals surface area contributed by atoms with Crippen molar-refractivity contribution < 1.29 is 16.8 Å². The predicted octanol–water partition coefficient (Wildman–Crippen LogP) is 1.12. The fraction of sp³-hybridized carbons (Fsp3) is 0.765. The first-order chi connectivity index (χ1) is 12.8. The van der Waals surface area contributed by atoms with Crippen molar-refractivity contribution in [1.82, 2.24) is 14.3 Å². The summed E-state index contributed by atoms with van der Waals surface area (Å²) < 4.78 is 52.0. The molecule has 1 saturated heterocycles. The van der Waals surface area contributed by atoms with Gasteiger partial charge < -0.3 is 5.32 Å². The molecule has 1 N–H and O–H groups in total. The number of nitrogens with zero attached hydrogens (tertiary/aromatic N) is 3. The molecule has 4 rings (SSSR count). The van der Waals surface area contributed by atoms with Crippen LogP contribution in [-0.2, 0) is 25.6 Å². The lowest BCUT2D eigenvalue weighted by atomic mass is 10.00. The number of unbranched alkanes of at least 4 members (excludes halogenated alkanes) is 1. The maximum absolute atomic E-state index is 12.7. The van der Waals surface area contributed by atoms with E-state index in [2.05, 4.69) is 15.3 Å². The number of sulfonamides is 1. The summed E-state index contributed by atoms with van der Waals surface area (Å²) in [6.07, 6.45) is 5.37. The molecule has 0 unspecified atom stereocenters. The van der Waals surface area contributed by atoms with Gasteiger partial charge in [0, 0.05) is 37.3 Å². The average molecular weight is 415 g/mol. The summed E-state index contributed by atoms with van der Waals surface area (Å²) in [5.41, 5.74) is 1.29. The largest absolute Gasteiger partial charge is 0.354 e. The molecule has 1 aromatic heterocycles. The fourth-order valence-corrected chi connectivity index (χ4v) is 7.64. The van der Waals surface area contributed by atoms with Crippen LogP contribution in [0, 0.1) is 5.92 Å². The zero-order chi connectivity index (χ0) is 19.2. The molecule has 0 amide bonds. The van der Waals surface area contributed by atoms with Crippen LogP contribution >= 0.6 is 0 Å². The lowest BCUT2D eigenvalue weighted by Gasteiger charge is -2.26. The molecule has 2 fully saturated rings. The topological polar surface area (TPSA) is 109 Å². The van der Waals surface area contributed by atoms with E-state index in [1.165, 1.54) is 17.1 Å². The van der Waals surface area contributed by atoms with Gasteiger partial charge in [-0.2, -0.15) is 4.31 Å². The highest BCUT2D eigenvalue weighted by atomic mass is 32.2. The highest BCUT2D eigenvalue weighted by molar-refractivity contribution is 7.91. The molecular weight excluding hydrogens is 388 g/mol. The van der Waals surface area contributed by atoms with Gasteiger partial charge in [-0.15, -0.1) is 0 Å². The Morgan fingerprint density at radius 1 is 1.30 bits per heavy atom. The first-order valence-corrected chi connectivity index (χ1v) is 12.9. The maximum atomic E-state index is 12.7. The van der Waals surface area contributed by atoms with Crippen molar-refractivity contribution in [3.63, 3.8) is 0 Å². The number of anilines is 1. The highest BCUT2D eigenvalue weighted by Gasteiger charge is 2.50. The smallest absolute Gasteiger partial charge is 0.222 e. The van der Waals surface area contributed by atoms with Gasteiger partial charge in [0.25, 0.3) is 0 Å². The SMILES string of the molecule is CCCCS(=O)(=O)N1C[C@@H]2c3nc(NCC4CC4)ncc3CS(=O)(=O)[C@@H]2C1. The normalized spacial score (nSPS) is 27.1. The van der Waals surface area contributed by atoms with Gasteiger partial charge in [-0.05, 0) is 25.2 Å². The molecule has 27 heavy (non-hydrogen) atoms. The van der Waals surface area contributed by atoms with E-state index in [0.717, 1.165) is 13.0 Å². The second kappa shape index (κ2) is 6.97. The number of rotatable bonds is 7. The Bertz CT molecular complexity index is 928. The van der Waals surface area contributed by atoms with E-state index >= 15 is 0 Å². The third-order valence-corrected chi connectivity index (χ3v) is 9.70. The van der Waals surface area contributed by atoms with E-state index in [-0.39, 0.29) is 24.6 Å². The van der Waals surface area contributed by atoms with Crippen molar-refractivity contribution in [3.8, 4) is 0 Å². The van der Waals surface area contributed by atoms with Crippen LogP contribution in [0.25, 0.3) is 0 Å². The third-order valence-electron chi connectivity index (χ3n) is 5.69. The Kier molecular flexibility index (Phi) is 4.92. The lowest BCUT2D eigenvalue weighted by molar-refractivity contribution is 0.470. The van der Waals surface area contributed by atoms with Gasteiger partial charge in [-0.25, -0.2) is 26.8 Å². The van der Waals surface area contributed by atoms with Gasteiger partial charge in [0.2, 0.25) is 16.0 Å². The zero-order valence-electron chi connectivity index (χ0n) is 15.5. The molecule has 0 radical (unpaired) electrons. The first kappa shape index (κ1) is 19.1. The number of hydrogen-bond acceptors (Lipinski definition) is 7. The molecule has 2 atom stereocenters. The minimum absolute atomic E-state index is 0.0350. The van der Waals surface area contributed by atoms with Crippen molar-refractivity contribution in [2.24, 2.45) is 5.92 Å². The number of sulfone groups is 1. The third kappa shape index (κ3) is 3.84. The van der Waals surface area contributed by atoms with Gasteiger partial charge in [-0.3, -0.25) is 0 Å². The van der Waals surface area contributed by atoms with Crippen LogP contribution in [0.3, 0.4) is 0 Å². The molecule has 0 aromatic carbocycles. The number of hydrogen-bond donors (Lipinski definition) is 1. The minimum atomic E-state index is -3.45. The van der Waals surface area contributed by atoms with E-state index < -0.39 is 31.0 Å². The zero-order valence-corrected chi connectivity index (χ0v) is 17.1. The molecule has 0 spiro atoms. The quantitative estimate of drug-likeness (QED) is 0.712.